The Kier molecular flexibility index (Phi) is 6.11. The highest BCUT2D eigenvalue weighted by Gasteiger charge is 2.20. The highest BCUT2D eigenvalue weighted by molar-refractivity contribution is 7.21. The molecule has 0 aliphatic carbocycles. The summed E-state index contributed by atoms with van der Waals surface area (Å²) in [4.78, 5) is 24.8. The molecule has 3 rings (SSSR count). The lowest BCUT2D eigenvalue weighted by Gasteiger charge is -2.16. The third kappa shape index (κ3) is 4.47. The summed E-state index contributed by atoms with van der Waals surface area (Å²) in [6.45, 7) is 1.53. The van der Waals surface area contributed by atoms with Crippen LogP contribution in [0.25, 0.3) is 10.1 Å². The number of hydrazine groups is 1. The smallest absolute Gasteiger partial charge is 0.281 e. The fourth-order valence-electron chi connectivity index (χ4n) is 2.25. The van der Waals surface area contributed by atoms with E-state index in [1.54, 1.807) is 12.1 Å². The van der Waals surface area contributed by atoms with Crippen molar-refractivity contribution in [3.8, 4) is 5.75 Å². The van der Waals surface area contributed by atoms with Crippen molar-refractivity contribution in [3.05, 3.63) is 62.4 Å². The molecule has 5 nitrogen and oxygen atoms in total. The van der Waals surface area contributed by atoms with E-state index < -0.39 is 17.9 Å². The SMILES string of the molecule is C[C@H](Oc1ccc(Cl)cc1Cl)C(=O)NNC(=O)c1sc2ccccc2c1Cl. The van der Waals surface area contributed by atoms with Crippen LogP contribution in [0.4, 0.5) is 0 Å². The summed E-state index contributed by atoms with van der Waals surface area (Å²) in [7, 11) is 0. The van der Waals surface area contributed by atoms with E-state index in [0.717, 1.165) is 10.1 Å². The molecule has 1 atom stereocenters. The van der Waals surface area contributed by atoms with Crippen molar-refractivity contribution in [3.63, 3.8) is 0 Å². The second-order valence-electron chi connectivity index (χ2n) is 5.52. The predicted molar refractivity (Wildman–Crippen MR) is 109 cm³/mol. The molecule has 0 fully saturated rings. The van der Waals surface area contributed by atoms with Crippen molar-refractivity contribution >= 4 is 68.0 Å². The molecular formula is C18H13Cl3N2O3S. The number of amides is 2. The van der Waals surface area contributed by atoms with E-state index in [4.69, 9.17) is 39.5 Å². The maximum absolute atomic E-state index is 12.3. The van der Waals surface area contributed by atoms with Crippen molar-refractivity contribution in [1.29, 1.82) is 0 Å². The summed E-state index contributed by atoms with van der Waals surface area (Å²) in [5.74, 6) is -0.750. The molecule has 2 amide bonds. The van der Waals surface area contributed by atoms with Crippen LogP contribution in [0.3, 0.4) is 0 Å². The fourth-order valence-corrected chi connectivity index (χ4v) is 4.12. The zero-order valence-electron chi connectivity index (χ0n) is 13.9. The van der Waals surface area contributed by atoms with E-state index in [-0.39, 0.29) is 5.02 Å². The minimum atomic E-state index is -0.901. The first-order valence-electron chi connectivity index (χ1n) is 7.75. The van der Waals surface area contributed by atoms with Gasteiger partial charge in [0.25, 0.3) is 11.8 Å². The van der Waals surface area contributed by atoms with Crippen LogP contribution in [0.1, 0.15) is 16.6 Å². The van der Waals surface area contributed by atoms with Gasteiger partial charge < -0.3 is 4.74 Å². The summed E-state index contributed by atoms with van der Waals surface area (Å²) in [5.41, 5.74) is 4.66. The number of rotatable bonds is 4. The van der Waals surface area contributed by atoms with Crippen LogP contribution in [0.5, 0.6) is 5.75 Å². The van der Waals surface area contributed by atoms with E-state index in [2.05, 4.69) is 10.9 Å². The molecule has 0 bridgehead atoms. The summed E-state index contributed by atoms with van der Waals surface area (Å²) in [6.07, 6.45) is -0.901. The first-order valence-corrected chi connectivity index (χ1v) is 9.71. The van der Waals surface area contributed by atoms with Crippen LogP contribution in [0.2, 0.25) is 15.1 Å². The Labute approximate surface area is 174 Å². The van der Waals surface area contributed by atoms with Gasteiger partial charge >= 0.3 is 0 Å². The minimum absolute atomic E-state index is 0.281. The molecular weight excluding hydrogens is 431 g/mol. The van der Waals surface area contributed by atoms with Gasteiger partial charge in [0.1, 0.15) is 10.6 Å². The number of halogens is 3. The first-order chi connectivity index (χ1) is 12.9. The molecule has 0 radical (unpaired) electrons. The number of benzene rings is 2. The van der Waals surface area contributed by atoms with Gasteiger partial charge in [-0.25, -0.2) is 0 Å². The standard InChI is InChI=1S/C18H13Cl3N2O3S/c1-9(26-13-7-6-10(19)8-12(13)20)17(24)22-23-18(25)16-15(21)11-4-2-3-5-14(11)27-16/h2-9H,1H3,(H,22,24)(H,23,25)/t9-/m0/s1. The van der Waals surface area contributed by atoms with Crippen LogP contribution >= 0.6 is 46.1 Å². The molecule has 0 spiro atoms. The van der Waals surface area contributed by atoms with Crippen LogP contribution in [0, 0.1) is 0 Å². The normalized spacial score (nSPS) is 11.9. The van der Waals surface area contributed by atoms with Crippen molar-refractivity contribution < 1.29 is 14.3 Å². The number of carbonyl (C=O) groups is 2. The van der Waals surface area contributed by atoms with Crippen molar-refractivity contribution in [1.82, 2.24) is 10.9 Å². The van der Waals surface area contributed by atoms with Gasteiger partial charge in [0, 0.05) is 15.1 Å². The summed E-state index contributed by atoms with van der Waals surface area (Å²) < 4.78 is 6.38. The molecule has 0 aliphatic rings. The maximum Gasteiger partial charge on any atom is 0.281 e. The van der Waals surface area contributed by atoms with Gasteiger partial charge in [0.05, 0.1) is 10.0 Å². The van der Waals surface area contributed by atoms with E-state index in [0.29, 0.717) is 20.7 Å². The average molecular weight is 444 g/mol. The van der Waals surface area contributed by atoms with Crippen molar-refractivity contribution in [2.75, 3.05) is 0 Å². The molecule has 2 aromatic carbocycles. The van der Waals surface area contributed by atoms with Gasteiger partial charge in [-0.3, -0.25) is 20.4 Å². The molecule has 0 aliphatic heterocycles. The number of carbonyl (C=O) groups excluding carboxylic acids is 2. The first kappa shape index (κ1) is 19.8. The zero-order chi connectivity index (χ0) is 19.6. The quantitative estimate of drug-likeness (QED) is 0.552. The fraction of sp³-hybridized carbons (Fsp3) is 0.111. The number of ether oxygens (including phenoxy) is 1. The van der Waals surface area contributed by atoms with Crippen LogP contribution in [0.15, 0.2) is 42.5 Å². The van der Waals surface area contributed by atoms with Crippen LogP contribution in [-0.4, -0.2) is 17.9 Å². The van der Waals surface area contributed by atoms with E-state index in [1.807, 2.05) is 24.3 Å². The maximum atomic E-state index is 12.3. The molecule has 0 unspecified atom stereocenters. The number of thiophene rings is 1. The van der Waals surface area contributed by atoms with Gasteiger partial charge in [-0.15, -0.1) is 11.3 Å². The highest BCUT2D eigenvalue weighted by Crippen LogP contribution is 2.34. The Bertz CT molecular complexity index is 1020. The molecule has 0 saturated heterocycles. The van der Waals surface area contributed by atoms with Gasteiger partial charge in [-0.2, -0.15) is 0 Å². The van der Waals surface area contributed by atoms with E-state index in [1.165, 1.54) is 24.3 Å². The second kappa shape index (κ2) is 8.35. The monoisotopic (exact) mass is 442 g/mol. The molecule has 3 aromatic rings. The molecule has 2 N–H and O–H groups in total. The van der Waals surface area contributed by atoms with Crippen molar-refractivity contribution in [2.45, 2.75) is 13.0 Å². The Morgan fingerprint density at radius 3 is 2.52 bits per heavy atom. The largest absolute Gasteiger partial charge is 0.479 e. The topological polar surface area (TPSA) is 67.4 Å². The van der Waals surface area contributed by atoms with Gasteiger partial charge in [-0.1, -0.05) is 53.0 Å². The molecule has 1 aromatic heterocycles. The third-order valence-electron chi connectivity index (χ3n) is 3.61. The van der Waals surface area contributed by atoms with Gasteiger partial charge in [0.15, 0.2) is 6.10 Å². The minimum Gasteiger partial charge on any atom is -0.479 e. The summed E-state index contributed by atoms with van der Waals surface area (Å²) >= 11 is 19.3. The summed E-state index contributed by atoms with van der Waals surface area (Å²) in [5, 5.41) is 1.87. The van der Waals surface area contributed by atoms with Crippen LogP contribution in [-0.2, 0) is 4.79 Å². The molecule has 1 heterocycles. The zero-order valence-corrected chi connectivity index (χ0v) is 17.0. The lowest BCUT2D eigenvalue weighted by molar-refractivity contribution is -0.128. The molecule has 140 valence electrons. The Morgan fingerprint density at radius 1 is 1.07 bits per heavy atom. The Morgan fingerprint density at radius 2 is 1.81 bits per heavy atom. The number of hydrogen-bond acceptors (Lipinski definition) is 4. The number of hydrogen-bond donors (Lipinski definition) is 2. The Balaban J connectivity index is 1.62. The number of fused-ring (bicyclic) bond motifs is 1. The average Bonchev–Trinajstić information content (AvgIpc) is 2.99. The van der Waals surface area contributed by atoms with E-state index >= 15 is 0 Å². The Hall–Kier alpha value is -1.99. The molecule has 27 heavy (non-hydrogen) atoms. The number of nitrogens with one attached hydrogen (secondary N) is 2. The summed E-state index contributed by atoms with van der Waals surface area (Å²) in [6, 6.07) is 12.1. The lowest BCUT2D eigenvalue weighted by Crippen LogP contribution is -2.47. The molecule has 0 saturated carbocycles. The van der Waals surface area contributed by atoms with E-state index in [9.17, 15) is 9.59 Å². The lowest BCUT2D eigenvalue weighted by atomic mass is 10.2. The predicted octanol–water partition coefficient (Wildman–Crippen LogP) is 5.09. The van der Waals surface area contributed by atoms with Gasteiger partial charge in [0.2, 0.25) is 0 Å². The highest BCUT2D eigenvalue weighted by atomic mass is 35.5. The molecule has 9 heteroatoms. The van der Waals surface area contributed by atoms with Crippen molar-refractivity contribution in [2.24, 2.45) is 0 Å². The van der Waals surface area contributed by atoms with Crippen LogP contribution < -0.4 is 15.6 Å². The second-order valence-corrected chi connectivity index (χ2v) is 7.79. The third-order valence-corrected chi connectivity index (χ3v) is 5.81. The van der Waals surface area contributed by atoms with Gasteiger partial charge in [-0.05, 0) is 31.2 Å².